The van der Waals surface area contributed by atoms with Crippen LogP contribution in [-0.4, -0.2) is 0 Å². The third-order valence-electron chi connectivity index (χ3n) is 4.08. The monoisotopic (exact) mass is 304 g/mol. The molecule has 0 amide bonds. The van der Waals surface area contributed by atoms with Crippen LogP contribution in [0.1, 0.15) is 11.1 Å². The van der Waals surface area contributed by atoms with Crippen LogP contribution in [0, 0.1) is 11.8 Å². The van der Waals surface area contributed by atoms with E-state index >= 15 is 0 Å². The third kappa shape index (κ3) is 2.93. The van der Waals surface area contributed by atoms with Crippen molar-refractivity contribution >= 4 is 10.8 Å². The Morgan fingerprint density at radius 1 is 0.500 bits per heavy atom. The lowest BCUT2D eigenvalue weighted by Gasteiger charge is -2.07. The minimum absolute atomic E-state index is 1.03. The van der Waals surface area contributed by atoms with Crippen LogP contribution in [0.3, 0.4) is 0 Å². The molecular formula is C24H16. The lowest BCUT2D eigenvalue weighted by Crippen LogP contribution is -1.85. The Bertz CT molecular complexity index is 1030. The van der Waals surface area contributed by atoms with Crippen molar-refractivity contribution in [3.63, 3.8) is 0 Å². The first-order chi connectivity index (χ1) is 11.9. The van der Waals surface area contributed by atoms with Gasteiger partial charge in [-0.3, -0.25) is 0 Å². The van der Waals surface area contributed by atoms with Crippen LogP contribution in [0.5, 0.6) is 0 Å². The zero-order valence-electron chi connectivity index (χ0n) is 13.2. The summed E-state index contributed by atoms with van der Waals surface area (Å²) in [5.41, 5.74) is 4.51. The SMILES string of the molecule is C(#Cc1cc(-c2ccccc2)cc2ccccc12)c1ccccc1. The van der Waals surface area contributed by atoms with Crippen LogP contribution in [0.4, 0.5) is 0 Å². The van der Waals surface area contributed by atoms with Gasteiger partial charge in [-0.15, -0.1) is 0 Å². The largest absolute Gasteiger partial charge is 0.0622 e. The van der Waals surface area contributed by atoms with Crippen molar-refractivity contribution in [2.24, 2.45) is 0 Å². The van der Waals surface area contributed by atoms with Crippen molar-refractivity contribution in [3.8, 4) is 23.0 Å². The van der Waals surface area contributed by atoms with E-state index in [4.69, 9.17) is 0 Å². The maximum absolute atomic E-state index is 3.36. The van der Waals surface area contributed by atoms with Crippen LogP contribution in [0.25, 0.3) is 21.9 Å². The van der Waals surface area contributed by atoms with Gasteiger partial charge in [0.05, 0.1) is 0 Å². The molecule has 112 valence electrons. The number of rotatable bonds is 1. The Labute approximate surface area is 142 Å². The second-order valence-corrected chi connectivity index (χ2v) is 5.73. The van der Waals surface area contributed by atoms with Crippen molar-refractivity contribution in [2.45, 2.75) is 0 Å². The smallest absolute Gasteiger partial charge is 0.0333 e. The Balaban J connectivity index is 1.89. The molecule has 4 aromatic rings. The highest BCUT2D eigenvalue weighted by atomic mass is 14.1. The van der Waals surface area contributed by atoms with E-state index in [0.717, 1.165) is 11.1 Å². The first kappa shape index (κ1) is 14.3. The molecule has 0 heteroatoms. The number of hydrogen-bond donors (Lipinski definition) is 0. The fourth-order valence-corrected chi connectivity index (χ4v) is 2.87. The Morgan fingerprint density at radius 3 is 1.96 bits per heavy atom. The number of benzene rings is 4. The highest BCUT2D eigenvalue weighted by Crippen LogP contribution is 2.27. The van der Waals surface area contributed by atoms with Gasteiger partial charge >= 0.3 is 0 Å². The van der Waals surface area contributed by atoms with Crippen LogP contribution in [0.15, 0.2) is 97.1 Å². The van der Waals surface area contributed by atoms with E-state index in [9.17, 15) is 0 Å². The third-order valence-corrected chi connectivity index (χ3v) is 4.08. The van der Waals surface area contributed by atoms with Crippen molar-refractivity contribution < 1.29 is 0 Å². The van der Waals surface area contributed by atoms with E-state index in [2.05, 4.69) is 72.5 Å². The minimum atomic E-state index is 1.03. The second kappa shape index (κ2) is 6.44. The summed E-state index contributed by atoms with van der Waals surface area (Å²) in [5.74, 6) is 6.65. The maximum Gasteiger partial charge on any atom is 0.0333 e. The number of fused-ring (bicyclic) bond motifs is 1. The summed E-state index contributed by atoms with van der Waals surface area (Å²) in [6.07, 6.45) is 0. The summed E-state index contributed by atoms with van der Waals surface area (Å²) >= 11 is 0. The van der Waals surface area contributed by atoms with Gasteiger partial charge in [0.25, 0.3) is 0 Å². The van der Waals surface area contributed by atoms with Gasteiger partial charge in [0, 0.05) is 11.1 Å². The quantitative estimate of drug-likeness (QED) is 0.384. The van der Waals surface area contributed by atoms with Crippen molar-refractivity contribution in [2.75, 3.05) is 0 Å². The maximum atomic E-state index is 3.36. The molecule has 0 unspecified atom stereocenters. The Hall–Kier alpha value is -3.30. The zero-order valence-corrected chi connectivity index (χ0v) is 13.2. The molecule has 0 fully saturated rings. The topological polar surface area (TPSA) is 0 Å². The van der Waals surface area contributed by atoms with Crippen LogP contribution in [0.2, 0.25) is 0 Å². The standard InChI is InChI=1S/C24H16/c1-3-9-19(10-4-1)15-16-22-18-23(20-11-5-2-6-12-20)17-21-13-7-8-14-24(21)22/h1-14,17-18H. The van der Waals surface area contributed by atoms with Gasteiger partial charge in [-0.05, 0) is 46.2 Å². The highest BCUT2D eigenvalue weighted by Gasteiger charge is 2.04. The average Bonchev–Trinajstić information content (AvgIpc) is 2.67. The summed E-state index contributed by atoms with van der Waals surface area (Å²) in [7, 11) is 0. The second-order valence-electron chi connectivity index (χ2n) is 5.73. The zero-order chi connectivity index (χ0) is 16.2. The molecule has 0 atom stereocenters. The van der Waals surface area contributed by atoms with E-state index < -0.39 is 0 Å². The minimum Gasteiger partial charge on any atom is -0.0622 e. The molecule has 0 nitrogen and oxygen atoms in total. The summed E-state index contributed by atoms with van der Waals surface area (Å²) in [6, 6.07) is 33.4. The van der Waals surface area contributed by atoms with Gasteiger partial charge in [0.15, 0.2) is 0 Å². The fourth-order valence-electron chi connectivity index (χ4n) is 2.87. The molecule has 0 bridgehead atoms. The van der Waals surface area contributed by atoms with Crippen LogP contribution >= 0.6 is 0 Å². The lowest BCUT2D eigenvalue weighted by atomic mass is 9.97. The fraction of sp³-hybridized carbons (Fsp3) is 0. The molecule has 24 heavy (non-hydrogen) atoms. The highest BCUT2D eigenvalue weighted by molar-refractivity contribution is 5.92. The van der Waals surface area contributed by atoms with E-state index in [0.29, 0.717) is 0 Å². The lowest BCUT2D eigenvalue weighted by molar-refractivity contribution is 1.62. The molecule has 0 heterocycles. The molecule has 0 aliphatic rings. The molecule has 0 saturated heterocycles. The van der Waals surface area contributed by atoms with Crippen molar-refractivity contribution in [3.05, 3.63) is 108 Å². The van der Waals surface area contributed by atoms with E-state index in [-0.39, 0.29) is 0 Å². The average molecular weight is 304 g/mol. The van der Waals surface area contributed by atoms with Gasteiger partial charge < -0.3 is 0 Å². The molecule has 0 radical (unpaired) electrons. The predicted molar refractivity (Wildman–Crippen MR) is 102 cm³/mol. The molecular weight excluding hydrogens is 288 g/mol. The van der Waals surface area contributed by atoms with Crippen LogP contribution < -0.4 is 0 Å². The van der Waals surface area contributed by atoms with Crippen molar-refractivity contribution in [1.82, 2.24) is 0 Å². The Morgan fingerprint density at radius 2 is 1.17 bits per heavy atom. The van der Waals surface area contributed by atoms with Crippen LogP contribution in [-0.2, 0) is 0 Å². The normalized spacial score (nSPS) is 10.2. The molecule has 0 aliphatic carbocycles. The molecule has 0 aromatic heterocycles. The van der Waals surface area contributed by atoms with E-state index in [1.807, 2.05) is 36.4 Å². The Kier molecular flexibility index (Phi) is 3.84. The van der Waals surface area contributed by atoms with Crippen molar-refractivity contribution in [1.29, 1.82) is 0 Å². The summed E-state index contributed by atoms with van der Waals surface area (Å²) in [4.78, 5) is 0. The molecule has 0 spiro atoms. The summed E-state index contributed by atoms with van der Waals surface area (Å²) in [5, 5.41) is 2.41. The summed E-state index contributed by atoms with van der Waals surface area (Å²) < 4.78 is 0. The molecule has 0 N–H and O–H groups in total. The van der Waals surface area contributed by atoms with E-state index in [1.54, 1.807) is 0 Å². The summed E-state index contributed by atoms with van der Waals surface area (Å²) in [6.45, 7) is 0. The molecule has 4 aromatic carbocycles. The molecule has 0 saturated carbocycles. The van der Waals surface area contributed by atoms with E-state index in [1.165, 1.54) is 21.9 Å². The van der Waals surface area contributed by atoms with Gasteiger partial charge in [0.2, 0.25) is 0 Å². The molecule has 0 aliphatic heterocycles. The predicted octanol–water partition coefficient (Wildman–Crippen LogP) is 5.91. The van der Waals surface area contributed by atoms with Gasteiger partial charge in [0.1, 0.15) is 0 Å². The van der Waals surface area contributed by atoms with Gasteiger partial charge in [-0.2, -0.15) is 0 Å². The number of hydrogen-bond acceptors (Lipinski definition) is 0. The molecule has 4 rings (SSSR count). The first-order valence-corrected chi connectivity index (χ1v) is 8.05. The van der Waals surface area contributed by atoms with Gasteiger partial charge in [-0.1, -0.05) is 84.6 Å². The van der Waals surface area contributed by atoms with Gasteiger partial charge in [-0.25, -0.2) is 0 Å². The first-order valence-electron chi connectivity index (χ1n) is 8.05.